The van der Waals surface area contributed by atoms with Gasteiger partial charge in [-0.1, -0.05) is 6.07 Å². The highest BCUT2D eigenvalue weighted by atomic mass is 19.2. The Labute approximate surface area is 217 Å². The van der Waals surface area contributed by atoms with E-state index in [0.29, 0.717) is 41.3 Å². The van der Waals surface area contributed by atoms with Gasteiger partial charge in [0.15, 0.2) is 23.1 Å². The molecule has 0 spiro atoms. The summed E-state index contributed by atoms with van der Waals surface area (Å²) in [7, 11) is 0. The minimum Gasteiger partial charge on any atom is -0.382 e. The van der Waals surface area contributed by atoms with E-state index in [1.807, 2.05) is 28.8 Å². The molecular weight excluding hydrogens is 488 g/mol. The zero-order valence-electron chi connectivity index (χ0n) is 20.4. The number of halogens is 2. The lowest BCUT2D eigenvalue weighted by molar-refractivity contribution is 0.345. The van der Waals surface area contributed by atoms with Gasteiger partial charge in [-0.05, 0) is 54.8 Å². The second kappa shape index (κ2) is 9.42. The van der Waals surface area contributed by atoms with Gasteiger partial charge in [0, 0.05) is 24.8 Å². The number of fused-ring (bicyclic) bond motifs is 1. The highest BCUT2D eigenvalue weighted by molar-refractivity contribution is 5.81. The highest BCUT2D eigenvalue weighted by Gasteiger charge is 2.35. The average molecular weight is 514 g/mol. The number of benzene rings is 1. The highest BCUT2D eigenvalue weighted by Crippen LogP contribution is 2.34. The van der Waals surface area contributed by atoms with Gasteiger partial charge in [0.25, 0.3) is 0 Å². The van der Waals surface area contributed by atoms with E-state index in [4.69, 9.17) is 11.5 Å². The number of rotatable bonds is 5. The molecule has 1 fully saturated rings. The van der Waals surface area contributed by atoms with Crippen LogP contribution in [0.25, 0.3) is 22.4 Å². The van der Waals surface area contributed by atoms with Gasteiger partial charge in [-0.2, -0.15) is 0 Å². The SMILES string of the molecule is Nc1ncnc2c1ncn2Cc1cc(-c2ccc(F)c(F)c2)ncc1N1CCC[C@](N)(c2ccccn2)C1. The minimum absolute atomic E-state index is 0.297. The number of pyridine rings is 2. The van der Waals surface area contributed by atoms with Crippen LogP contribution >= 0.6 is 0 Å². The molecule has 1 atom stereocenters. The van der Waals surface area contributed by atoms with E-state index in [1.165, 1.54) is 12.4 Å². The van der Waals surface area contributed by atoms with Crippen molar-refractivity contribution in [2.75, 3.05) is 23.7 Å². The largest absolute Gasteiger partial charge is 0.382 e. The number of hydrogen-bond acceptors (Lipinski definition) is 8. The Morgan fingerprint density at radius 3 is 2.68 bits per heavy atom. The maximum atomic E-state index is 14.0. The normalized spacial score (nSPS) is 17.7. The van der Waals surface area contributed by atoms with Gasteiger partial charge < -0.3 is 20.9 Å². The van der Waals surface area contributed by atoms with Crippen LogP contribution in [0.2, 0.25) is 0 Å². The van der Waals surface area contributed by atoms with Crippen molar-refractivity contribution in [3.05, 3.63) is 90.4 Å². The first kappa shape index (κ1) is 23.9. The molecule has 0 bridgehead atoms. The van der Waals surface area contributed by atoms with Crippen molar-refractivity contribution in [3.8, 4) is 11.3 Å². The molecule has 1 aromatic carbocycles. The molecule has 0 saturated carbocycles. The van der Waals surface area contributed by atoms with Crippen molar-refractivity contribution in [1.29, 1.82) is 0 Å². The van der Waals surface area contributed by atoms with E-state index in [2.05, 4.69) is 29.8 Å². The van der Waals surface area contributed by atoms with Crippen molar-refractivity contribution < 1.29 is 8.78 Å². The number of hydrogen-bond donors (Lipinski definition) is 2. The van der Waals surface area contributed by atoms with E-state index >= 15 is 0 Å². The molecule has 1 saturated heterocycles. The standard InChI is InChI=1S/C27H25F2N9/c28-19-6-5-17(10-20(19)29)21-11-18(13-38-16-36-24-25(30)34-15-35-26(24)38)22(12-33-21)37-9-3-7-27(31,14-37)23-4-1-2-8-32-23/h1-2,4-6,8,10-12,15-16H,3,7,9,13-14,31H2,(H2,30,34,35)/t27-/m1/s1. The molecule has 1 aliphatic rings. The number of aromatic nitrogens is 6. The second-order valence-corrected chi connectivity index (χ2v) is 9.53. The van der Waals surface area contributed by atoms with Gasteiger partial charge >= 0.3 is 0 Å². The molecule has 5 aromatic rings. The molecule has 4 aromatic heterocycles. The van der Waals surface area contributed by atoms with Crippen LogP contribution in [0.4, 0.5) is 20.3 Å². The van der Waals surface area contributed by atoms with Gasteiger partial charge in [-0.3, -0.25) is 9.97 Å². The second-order valence-electron chi connectivity index (χ2n) is 9.53. The first-order chi connectivity index (χ1) is 18.4. The van der Waals surface area contributed by atoms with E-state index in [0.717, 1.165) is 48.5 Å². The average Bonchev–Trinajstić information content (AvgIpc) is 3.35. The molecule has 192 valence electrons. The van der Waals surface area contributed by atoms with Crippen molar-refractivity contribution in [3.63, 3.8) is 0 Å². The first-order valence-electron chi connectivity index (χ1n) is 12.2. The van der Waals surface area contributed by atoms with Crippen molar-refractivity contribution >= 4 is 22.7 Å². The molecule has 38 heavy (non-hydrogen) atoms. The Morgan fingerprint density at radius 1 is 0.974 bits per heavy atom. The van der Waals surface area contributed by atoms with Crippen LogP contribution < -0.4 is 16.4 Å². The Morgan fingerprint density at radius 2 is 1.87 bits per heavy atom. The predicted molar refractivity (Wildman–Crippen MR) is 140 cm³/mol. The molecular formula is C27H25F2N9. The summed E-state index contributed by atoms with van der Waals surface area (Å²) >= 11 is 0. The summed E-state index contributed by atoms with van der Waals surface area (Å²) in [5.74, 6) is -1.54. The molecule has 11 heteroatoms. The van der Waals surface area contributed by atoms with Crippen LogP contribution in [0.15, 0.2) is 67.5 Å². The maximum absolute atomic E-state index is 14.0. The summed E-state index contributed by atoms with van der Waals surface area (Å²) in [6.45, 7) is 1.72. The molecule has 5 heterocycles. The van der Waals surface area contributed by atoms with Gasteiger partial charge in [0.1, 0.15) is 11.8 Å². The molecule has 0 amide bonds. The molecule has 1 aliphatic heterocycles. The number of nitrogen functional groups attached to an aromatic ring is 1. The third-order valence-corrected chi connectivity index (χ3v) is 6.99. The van der Waals surface area contributed by atoms with E-state index in [9.17, 15) is 8.78 Å². The van der Waals surface area contributed by atoms with E-state index < -0.39 is 17.2 Å². The van der Waals surface area contributed by atoms with Crippen LogP contribution in [0.1, 0.15) is 24.1 Å². The third-order valence-electron chi connectivity index (χ3n) is 6.99. The summed E-state index contributed by atoms with van der Waals surface area (Å²) < 4.78 is 29.5. The van der Waals surface area contributed by atoms with E-state index in [-0.39, 0.29) is 0 Å². The number of imidazole rings is 1. The Hall–Kier alpha value is -4.51. The fraction of sp³-hybridized carbons (Fsp3) is 0.222. The van der Waals surface area contributed by atoms with E-state index in [1.54, 1.807) is 18.7 Å². The molecule has 0 unspecified atom stereocenters. The molecule has 6 rings (SSSR count). The molecule has 9 nitrogen and oxygen atoms in total. The number of nitrogens with zero attached hydrogens (tertiary/aromatic N) is 7. The van der Waals surface area contributed by atoms with Gasteiger partial charge in [-0.15, -0.1) is 0 Å². The zero-order chi connectivity index (χ0) is 26.3. The topological polar surface area (TPSA) is 125 Å². The van der Waals surface area contributed by atoms with Crippen LogP contribution in [-0.2, 0) is 12.1 Å². The minimum atomic E-state index is -0.929. The summed E-state index contributed by atoms with van der Waals surface area (Å²) in [5, 5.41) is 0. The summed E-state index contributed by atoms with van der Waals surface area (Å²) in [4.78, 5) is 24.1. The quantitative estimate of drug-likeness (QED) is 0.365. The van der Waals surface area contributed by atoms with Crippen LogP contribution in [0.5, 0.6) is 0 Å². The van der Waals surface area contributed by atoms with Crippen LogP contribution in [0, 0.1) is 11.6 Å². The summed E-state index contributed by atoms with van der Waals surface area (Å²) in [6.07, 6.45) is 8.25. The lowest BCUT2D eigenvalue weighted by atomic mass is 9.86. The molecule has 0 radical (unpaired) electrons. The monoisotopic (exact) mass is 513 g/mol. The Balaban J connectivity index is 1.43. The summed E-state index contributed by atoms with van der Waals surface area (Å²) in [6, 6.07) is 11.4. The molecule has 0 aliphatic carbocycles. The fourth-order valence-corrected chi connectivity index (χ4v) is 5.07. The van der Waals surface area contributed by atoms with Crippen molar-refractivity contribution in [2.45, 2.75) is 24.9 Å². The lowest BCUT2D eigenvalue weighted by Gasteiger charge is -2.41. The molecule has 4 N–H and O–H groups in total. The van der Waals surface area contributed by atoms with Crippen molar-refractivity contribution in [2.24, 2.45) is 5.73 Å². The van der Waals surface area contributed by atoms with Crippen LogP contribution in [0.3, 0.4) is 0 Å². The third kappa shape index (κ3) is 4.30. The van der Waals surface area contributed by atoms with Gasteiger partial charge in [0.05, 0.1) is 41.7 Å². The lowest BCUT2D eigenvalue weighted by Crippen LogP contribution is -2.52. The first-order valence-corrected chi connectivity index (χ1v) is 12.2. The number of piperidine rings is 1. The summed E-state index contributed by atoms with van der Waals surface area (Å²) in [5.41, 5.74) is 17.0. The predicted octanol–water partition coefficient (Wildman–Crippen LogP) is 3.65. The number of anilines is 2. The number of nitrogens with two attached hydrogens (primary N) is 2. The van der Waals surface area contributed by atoms with Crippen LogP contribution in [-0.4, -0.2) is 42.6 Å². The zero-order valence-corrected chi connectivity index (χ0v) is 20.4. The smallest absolute Gasteiger partial charge is 0.165 e. The van der Waals surface area contributed by atoms with Crippen molar-refractivity contribution in [1.82, 2.24) is 29.5 Å². The Bertz CT molecular complexity index is 1620. The maximum Gasteiger partial charge on any atom is 0.165 e. The fourth-order valence-electron chi connectivity index (χ4n) is 5.07. The van der Waals surface area contributed by atoms with Gasteiger partial charge in [0.2, 0.25) is 0 Å². The Kier molecular flexibility index (Phi) is 5.91. The van der Waals surface area contributed by atoms with Gasteiger partial charge in [-0.25, -0.2) is 23.7 Å².